The van der Waals surface area contributed by atoms with Crippen molar-refractivity contribution in [3.8, 4) is 0 Å². The van der Waals surface area contributed by atoms with Gasteiger partial charge in [-0.3, -0.25) is 19.7 Å². The summed E-state index contributed by atoms with van der Waals surface area (Å²) in [5.41, 5.74) is 0.544. The molecule has 0 aliphatic rings. The fourth-order valence-electron chi connectivity index (χ4n) is 2.03. The third-order valence-electron chi connectivity index (χ3n) is 3.30. The maximum atomic E-state index is 12.0. The van der Waals surface area contributed by atoms with Crippen molar-refractivity contribution in [2.45, 2.75) is 13.0 Å². The van der Waals surface area contributed by atoms with E-state index in [0.29, 0.717) is 5.56 Å². The first kappa shape index (κ1) is 21.2. The Morgan fingerprint density at radius 3 is 2.22 bits per heavy atom. The van der Waals surface area contributed by atoms with Crippen LogP contribution in [0.3, 0.4) is 0 Å². The quantitative estimate of drug-likeness (QED) is 0.284. The number of nitrogens with zero attached hydrogens (tertiary/aromatic N) is 1. The molecule has 2 amide bonds. The van der Waals surface area contributed by atoms with Gasteiger partial charge in [0.15, 0.2) is 0 Å². The third kappa shape index (κ3) is 5.97. The summed E-state index contributed by atoms with van der Waals surface area (Å²) in [5.74, 6) is -1.16. The molecule has 0 bridgehead atoms. The molecule has 142 valence electrons. The molecule has 0 saturated heterocycles. The summed E-state index contributed by atoms with van der Waals surface area (Å²) >= 11 is 23.4. The standard InChI is InChI=1S/C16H11Cl4N3O4/c17-9-4-11(19)13(5-10(9)18)22-16(25)6-15(24)21-7-8-1-2-14(23(26)27)12(20)3-8/h1-5H,6-7H2,(H,21,24)(H,22,25). The minimum absolute atomic E-state index is 0.0428. The van der Waals surface area contributed by atoms with Gasteiger partial charge in [-0.05, 0) is 23.8 Å². The molecule has 0 radical (unpaired) electrons. The average Bonchev–Trinajstić information content (AvgIpc) is 2.57. The Hall–Kier alpha value is -2.06. The van der Waals surface area contributed by atoms with Crippen molar-refractivity contribution in [2.75, 3.05) is 5.32 Å². The van der Waals surface area contributed by atoms with E-state index in [2.05, 4.69) is 10.6 Å². The monoisotopic (exact) mass is 449 g/mol. The van der Waals surface area contributed by atoms with Gasteiger partial charge in [-0.1, -0.05) is 52.5 Å². The normalized spacial score (nSPS) is 10.4. The van der Waals surface area contributed by atoms with Crippen LogP contribution in [0.1, 0.15) is 12.0 Å². The van der Waals surface area contributed by atoms with Crippen LogP contribution in [0.5, 0.6) is 0 Å². The van der Waals surface area contributed by atoms with E-state index in [0.717, 1.165) is 0 Å². The van der Waals surface area contributed by atoms with Crippen molar-refractivity contribution >= 4 is 69.6 Å². The van der Waals surface area contributed by atoms with Crippen molar-refractivity contribution in [1.29, 1.82) is 0 Å². The molecule has 2 aromatic carbocycles. The van der Waals surface area contributed by atoms with Crippen molar-refractivity contribution < 1.29 is 14.5 Å². The summed E-state index contributed by atoms with van der Waals surface area (Å²) in [5, 5.41) is 16.3. The van der Waals surface area contributed by atoms with E-state index >= 15 is 0 Å². The second kappa shape index (κ2) is 9.23. The number of halogens is 4. The lowest BCUT2D eigenvalue weighted by molar-refractivity contribution is -0.384. The van der Waals surface area contributed by atoms with E-state index in [1.165, 1.54) is 30.3 Å². The highest BCUT2D eigenvalue weighted by atomic mass is 35.5. The number of nitrogens with one attached hydrogen (secondary N) is 2. The molecule has 0 atom stereocenters. The number of benzene rings is 2. The SMILES string of the molecule is O=C(CC(=O)Nc1cc(Cl)c(Cl)cc1Cl)NCc1ccc([N+](=O)[O-])c(Cl)c1. The topological polar surface area (TPSA) is 101 Å². The molecule has 0 saturated carbocycles. The first-order valence-electron chi connectivity index (χ1n) is 7.31. The molecule has 0 aliphatic carbocycles. The van der Waals surface area contributed by atoms with Gasteiger partial charge in [-0.25, -0.2) is 0 Å². The predicted octanol–water partition coefficient (Wildman–Crippen LogP) is 4.85. The van der Waals surface area contributed by atoms with E-state index in [1.54, 1.807) is 0 Å². The Labute approximate surface area is 173 Å². The number of nitro groups is 1. The van der Waals surface area contributed by atoms with Gasteiger partial charge in [0.2, 0.25) is 11.8 Å². The molecule has 2 rings (SSSR count). The molecule has 0 unspecified atom stereocenters. The van der Waals surface area contributed by atoms with Gasteiger partial charge < -0.3 is 10.6 Å². The Kier molecular flexibility index (Phi) is 7.26. The molecule has 11 heteroatoms. The zero-order valence-corrected chi connectivity index (χ0v) is 16.4. The number of carbonyl (C=O) groups is 2. The minimum Gasteiger partial charge on any atom is -0.352 e. The molecule has 7 nitrogen and oxygen atoms in total. The summed E-state index contributed by atoms with van der Waals surface area (Å²) in [4.78, 5) is 34.0. The van der Waals surface area contributed by atoms with Crippen LogP contribution in [0.4, 0.5) is 11.4 Å². The van der Waals surface area contributed by atoms with Gasteiger partial charge in [-0.2, -0.15) is 0 Å². The summed E-state index contributed by atoms with van der Waals surface area (Å²) in [7, 11) is 0. The molecular formula is C16H11Cl4N3O4. The number of anilines is 1. The highest BCUT2D eigenvalue weighted by Crippen LogP contribution is 2.32. The highest BCUT2D eigenvalue weighted by molar-refractivity contribution is 6.44. The molecule has 2 N–H and O–H groups in total. The van der Waals surface area contributed by atoms with Gasteiger partial charge >= 0.3 is 0 Å². The molecule has 0 spiro atoms. The largest absolute Gasteiger partial charge is 0.352 e. The number of carbonyl (C=O) groups excluding carboxylic acids is 2. The third-order valence-corrected chi connectivity index (χ3v) is 4.64. The summed E-state index contributed by atoms with van der Waals surface area (Å²) in [6.45, 7) is 0.0529. The lowest BCUT2D eigenvalue weighted by Crippen LogP contribution is -2.27. The molecule has 0 aromatic heterocycles. The van der Waals surface area contributed by atoms with E-state index in [4.69, 9.17) is 46.4 Å². The van der Waals surface area contributed by atoms with Crippen LogP contribution in [0.25, 0.3) is 0 Å². The number of hydrogen-bond donors (Lipinski definition) is 2. The van der Waals surface area contributed by atoms with E-state index in [9.17, 15) is 19.7 Å². The van der Waals surface area contributed by atoms with Gasteiger partial charge in [-0.15, -0.1) is 0 Å². The second-order valence-electron chi connectivity index (χ2n) is 5.29. The molecule has 0 aliphatic heterocycles. The number of hydrogen-bond acceptors (Lipinski definition) is 4. The van der Waals surface area contributed by atoms with Crippen molar-refractivity contribution in [2.24, 2.45) is 0 Å². The Balaban J connectivity index is 1.90. The zero-order chi connectivity index (χ0) is 20.1. The number of rotatable bonds is 6. The maximum absolute atomic E-state index is 12.0. The van der Waals surface area contributed by atoms with Crippen LogP contribution >= 0.6 is 46.4 Å². The van der Waals surface area contributed by atoms with Crippen LogP contribution in [0, 0.1) is 10.1 Å². The average molecular weight is 451 g/mol. The van der Waals surface area contributed by atoms with Crippen LogP contribution in [0.2, 0.25) is 20.1 Å². The van der Waals surface area contributed by atoms with Gasteiger partial charge in [0, 0.05) is 12.6 Å². The van der Waals surface area contributed by atoms with Crippen LogP contribution in [0.15, 0.2) is 30.3 Å². The fourth-order valence-corrected chi connectivity index (χ4v) is 2.90. The Bertz CT molecular complexity index is 921. The van der Waals surface area contributed by atoms with Crippen LogP contribution < -0.4 is 10.6 Å². The molecule has 0 fully saturated rings. The van der Waals surface area contributed by atoms with Gasteiger partial charge in [0.1, 0.15) is 11.4 Å². The molecule has 2 aromatic rings. The maximum Gasteiger partial charge on any atom is 0.287 e. The first-order chi connectivity index (χ1) is 12.7. The predicted molar refractivity (Wildman–Crippen MR) is 105 cm³/mol. The summed E-state index contributed by atoms with van der Waals surface area (Å²) < 4.78 is 0. The molecule has 0 heterocycles. The fraction of sp³-hybridized carbons (Fsp3) is 0.125. The van der Waals surface area contributed by atoms with Crippen LogP contribution in [-0.2, 0) is 16.1 Å². The lowest BCUT2D eigenvalue weighted by atomic mass is 10.2. The number of amides is 2. The summed E-state index contributed by atoms with van der Waals surface area (Å²) in [6, 6.07) is 6.82. The lowest BCUT2D eigenvalue weighted by Gasteiger charge is -2.09. The van der Waals surface area contributed by atoms with Crippen LogP contribution in [-0.4, -0.2) is 16.7 Å². The van der Waals surface area contributed by atoms with Crippen molar-refractivity contribution in [3.63, 3.8) is 0 Å². The van der Waals surface area contributed by atoms with E-state index in [1.807, 2.05) is 0 Å². The smallest absolute Gasteiger partial charge is 0.287 e. The first-order valence-corrected chi connectivity index (χ1v) is 8.82. The highest BCUT2D eigenvalue weighted by Gasteiger charge is 2.15. The van der Waals surface area contributed by atoms with Crippen molar-refractivity contribution in [3.05, 3.63) is 66.1 Å². The minimum atomic E-state index is -0.608. The van der Waals surface area contributed by atoms with Gasteiger partial charge in [0.25, 0.3) is 5.69 Å². The zero-order valence-electron chi connectivity index (χ0n) is 13.4. The van der Waals surface area contributed by atoms with E-state index in [-0.39, 0.29) is 38.0 Å². The van der Waals surface area contributed by atoms with Gasteiger partial charge in [0.05, 0.1) is 25.7 Å². The molecular weight excluding hydrogens is 440 g/mol. The Morgan fingerprint density at radius 2 is 1.59 bits per heavy atom. The summed E-state index contributed by atoms with van der Waals surface area (Å²) in [6.07, 6.45) is -0.461. The molecule has 27 heavy (non-hydrogen) atoms. The second-order valence-corrected chi connectivity index (χ2v) is 6.92. The Morgan fingerprint density at radius 1 is 0.926 bits per heavy atom. The van der Waals surface area contributed by atoms with Crippen molar-refractivity contribution in [1.82, 2.24) is 5.32 Å². The van der Waals surface area contributed by atoms with E-state index < -0.39 is 23.2 Å². The number of nitro benzene ring substituents is 1.